The maximum absolute atomic E-state index is 11.8. The third-order valence-electron chi connectivity index (χ3n) is 2.52. The highest BCUT2D eigenvalue weighted by molar-refractivity contribution is 7.09. The van der Waals surface area contributed by atoms with Crippen LogP contribution in [0.4, 0.5) is 0 Å². The van der Waals surface area contributed by atoms with Gasteiger partial charge in [0, 0.05) is 19.5 Å². The second-order valence-corrected chi connectivity index (χ2v) is 6.97. The minimum atomic E-state index is -1.89. The number of halogens is 4. The summed E-state index contributed by atoms with van der Waals surface area (Å²) >= 11 is 18.3. The van der Waals surface area contributed by atoms with Gasteiger partial charge in [-0.25, -0.2) is 4.79 Å². The van der Waals surface area contributed by atoms with Gasteiger partial charge in [0.15, 0.2) is 0 Å². The largest absolute Gasteiger partial charge is 1.00 e. The molecule has 0 saturated heterocycles. The molecule has 8 heteroatoms. The molecule has 96 valence electrons. The Morgan fingerprint density at radius 2 is 2.18 bits per heavy atom. The summed E-state index contributed by atoms with van der Waals surface area (Å²) in [5, 5.41) is 0. The Bertz CT molecular complexity index is 429. The summed E-state index contributed by atoms with van der Waals surface area (Å²) in [5.41, 5.74) is 2.69. The lowest BCUT2D eigenvalue weighted by molar-refractivity contribution is -0.577. The third kappa shape index (κ3) is 3.25. The van der Waals surface area contributed by atoms with Gasteiger partial charge in [0.2, 0.25) is 11.2 Å². The molecule has 0 atom stereocenters. The highest BCUT2D eigenvalue weighted by atomic mass is 35.6. The van der Waals surface area contributed by atoms with Gasteiger partial charge in [0.05, 0.1) is 4.88 Å². The van der Waals surface area contributed by atoms with Crippen LogP contribution >= 0.6 is 46.1 Å². The van der Waals surface area contributed by atoms with Gasteiger partial charge < -0.3 is 17.3 Å². The number of hydrogen-bond acceptors (Lipinski definition) is 3. The smallest absolute Gasteiger partial charge is 0.445 e. The van der Waals surface area contributed by atoms with Crippen LogP contribution in [0, 0.1) is 0 Å². The van der Waals surface area contributed by atoms with E-state index in [0.717, 1.165) is 30.1 Å². The summed E-state index contributed by atoms with van der Waals surface area (Å²) in [6, 6.07) is 0. The van der Waals surface area contributed by atoms with E-state index in [0.29, 0.717) is 0 Å². The maximum Gasteiger partial charge on any atom is 0.445 e. The van der Waals surface area contributed by atoms with E-state index in [2.05, 4.69) is 4.90 Å². The van der Waals surface area contributed by atoms with Crippen molar-refractivity contribution in [2.45, 2.75) is 16.8 Å². The fourth-order valence-corrected chi connectivity index (χ4v) is 3.06. The van der Waals surface area contributed by atoms with Crippen molar-refractivity contribution in [2.24, 2.45) is 0 Å². The van der Waals surface area contributed by atoms with E-state index >= 15 is 0 Å². The molecule has 1 aliphatic rings. The standard InChI is InChI=1S/C9H10Cl3N2OS.ClH/c1-13-3-2-6-7(4-13)16-5-14(6)8(15)9(10,11)12;/h5H,2-4H2,1H3;1H/q+1;/p-1. The number of nitrogens with zero attached hydrogens (tertiary/aromatic N) is 2. The lowest BCUT2D eigenvalue weighted by atomic mass is 10.2. The summed E-state index contributed by atoms with van der Waals surface area (Å²) < 4.78 is -0.414. The average Bonchev–Trinajstić information content (AvgIpc) is 2.57. The molecule has 0 saturated carbocycles. The van der Waals surface area contributed by atoms with Crippen LogP contribution in [0.2, 0.25) is 0 Å². The van der Waals surface area contributed by atoms with E-state index < -0.39 is 9.70 Å². The first kappa shape index (κ1) is 15.5. The third-order valence-corrected chi connectivity index (χ3v) is 3.97. The number of fused-ring (bicyclic) bond motifs is 1. The molecule has 1 aromatic rings. The Morgan fingerprint density at radius 3 is 2.76 bits per heavy atom. The molecule has 17 heavy (non-hydrogen) atoms. The second kappa shape index (κ2) is 5.59. The number of alkyl halides is 3. The van der Waals surface area contributed by atoms with Crippen molar-refractivity contribution >= 4 is 52.0 Å². The molecule has 1 aliphatic heterocycles. The topological polar surface area (TPSA) is 24.2 Å². The van der Waals surface area contributed by atoms with Crippen LogP contribution in [-0.2, 0) is 13.0 Å². The number of carbonyl (C=O) groups is 1. The Balaban J connectivity index is 0.00000144. The lowest BCUT2D eigenvalue weighted by Gasteiger charge is -2.19. The maximum atomic E-state index is 11.8. The zero-order valence-corrected chi connectivity index (χ0v) is 12.8. The molecular formula is C9H10Cl4N2OS. The SMILES string of the molecule is CN1CCc2c(sc[n+]2C(=O)C(Cl)(Cl)Cl)C1.[Cl-]. The molecule has 0 bridgehead atoms. The number of hydrogen-bond donors (Lipinski definition) is 0. The van der Waals surface area contributed by atoms with Gasteiger partial charge in [-0.05, 0) is 7.05 Å². The van der Waals surface area contributed by atoms with Gasteiger partial charge in [-0.15, -0.1) is 4.57 Å². The van der Waals surface area contributed by atoms with Crippen molar-refractivity contribution in [3.8, 4) is 0 Å². The molecule has 0 spiro atoms. The molecular weight excluding hydrogens is 326 g/mol. The van der Waals surface area contributed by atoms with Crippen LogP contribution in [0.25, 0.3) is 0 Å². The fraction of sp³-hybridized carbons (Fsp3) is 0.556. The van der Waals surface area contributed by atoms with Gasteiger partial charge >= 0.3 is 9.70 Å². The quantitative estimate of drug-likeness (QED) is 0.450. The number of carbonyl (C=O) groups excluding carboxylic acids is 1. The molecule has 0 fully saturated rings. The summed E-state index contributed by atoms with van der Waals surface area (Å²) in [5.74, 6) is -0.500. The molecule has 0 unspecified atom stereocenters. The molecule has 1 aromatic heterocycles. The molecule has 0 aromatic carbocycles. The van der Waals surface area contributed by atoms with Crippen molar-refractivity contribution in [3.05, 3.63) is 16.1 Å². The van der Waals surface area contributed by atoms with Crippen LogP contribution in [0.3, 0.4) is 0 Å². The van der Waals surface area contributed by atoms with Gasteiger partial charge in [0.25, 0.3) is 0 Å². The van der Waals surface area contributed by atoms with Crippen molar-refractivity contribution < 1.29 is 21.8 Å². The predicted molar refractivity (Wildman–Crippen MR) is 65.5 cm³/mol. The van der Waals surface area contributed by atoms with Crippen molar-refractivity contribution in [1.82, 2.24) is 4.90 Å². The van der Waals surface area contributed by atoms with Crippen LogP contribution in [0.1, 0.15) is 15.4 Å². The Kier molecular flexibility index (Phi) is 5.09. The van der Waals surface area contributed by atoms with Crippen molar-refractivity contribution in [3.63, 3.8) is 0 Å². The summed E-state index contributed by atoms with van der Waals surface area (Å²) in [7, 11) is 2.05. The molecule has 0 N–H and O–H groups in total. The van der Waals surface area contributed by atoms with Gasteiger partial charge in [-0.3, -0.25) is 0 Å². The Hall–Kier alpha value is 0.420. The minimum Gasteiger partial charge on any atom is -1.00 e. The second-order valence-electron chi connectivity index (χ2n) is 3.75. The van der Waals surface area contributed by atoms with E-state index in [-0.39, 0.29) is 12.4 Å². The predicted octanol–water partition coefficient (Wildman–Crippen LogP) is -0.962. The van der Waals surface area contributed by atoms with Crippen molar-refractivity contribution in [1.29, 1.82) is 0 Å². The molecule has 2 rings (SSSR count). The minimum absolute atomic E-state index is 0. The first-order valence-corrected chi connectivity index (χ1v) is 6.72. The Morgan fingerprint density at radius 1 is 1.53 bits per heavy atom. The van der Waals surface area contributed by atoms with Crippen molar-refractivity contribution in [2.75, 3.05) is 13.6 Å². The molecule has 0 aliphatic carbocycles. The summed E-state index contributed by atoms with van der Waals surface area (Å²) in [6.07, 6.45) is 0.807. The van der Waals surface area contributed by atoms with Gasteiger partial charge in [-0.2, -0.15) is 0 Å². The zero-order valence-electron chi connectivity index (χ0n) is 8.92. The number of rotatable bonds is 0. The zero-order chi connectivity index (χ0) is 11.9. The lowest BCUT2D eigenvalue weighted by Crippen LogP contribution is -3.00. The highest BCUT2D eigenvalue weighted by Crippen LogP contribution is 2.28. The first-order chi connectivity index (χ1) is 7.39. The van der Waals surface area contributed by atoms with Gasteiger partial charge in [-0.1, -0.05) is 46.1 Å². The average molecular weight is 336 g/mol. The summed E-state index contributed by atoms with van der Waals surface area (Å²) in [4.78, 5) is 15.2. The van der Waals surface area contributed by atoms with Crippen LogP contribution in [0.15, 0.2) is 5.51 Å². The fourth-order valence-electron chi connectivity index (χ4n) is 1.70. The van der Waals surface area contributed by atoms with E-state index in [1.54, 1.807) is 5.51 Å². The molecule has 0 radical (unpaired) electrons. The molecule has 3 nitrogen and oxygen atoms in total. The number of thiazole rings is 1. The van der Waals surface area contributed by atoms with Crippen LogP contribution in [0.5, 0.6) is 0 Å². The van der Waals surface area contributed by atoms with E-state index in [4.69, 9.17) is 34.8 Å². The monoisotopic (exact) mass is 334 g/mol. The van der Waals surface area contributed by atoms with E-state index in [9.17, 15) is 4.79 Å². The highest BCUT2D eigenvalue weighted by Gasteiger charge is 2.43. The number of aromatic nitrogens is 1. The first-order valence-electron chi connectivity index (χ1n) is 4.70. The number of likely N-dealkylation sites (N-methyl/N-ethyl adjacent to an activating group) is 1. The van der Waals surface area contributed by atoms with E-state index in [1.165, 1.54) is 15.9 Å². The Labute approximate surface area is 125 Å². The van der Waals surface area contributed by atoms with Gasteiger partial charge in [0.1, 0.15) is 0 Å². The normalized spacial score (nSPS) is 16.2. The molecule has 0 amide bonds. The van der Waals surface area contributed by atoms with E-state index in [1.807, 2.05) is 7.05 Å². The molecule has 2 heterocycles. The van der Waals surface area contributed by atoms with Crippen LogP contribution < -0.4 is 17.0 Å². The summed E-state index contributed by atoms with van der Waals surface area (Å²) in [6.45, 7) is 1.76. The van der Waals surface area contributed by atoms with Crippen LogP contribution in [-0.4, -0.2) is 28.2 Å².